The lowest BCUT2D eigenvalue weighted by atomic mass is 9.87. The molecule has 1 unspecified atom stereocenters. The van der Waals surface area contributed by atoms with Gasteiger partial charge in [-0.05, 0) is 36.7 Å². The quantitative estimate of drug-likeness (QED) is 0.729. The average Bonchev–Trinajstić information content (AvgIpc) is 2.64. The van der Waals surface area contributed by atoms with E-state index in [4.69, 9.17) is 9.60 Å². The zero-order valence-corrected chi connectivity index (χ0v) is 12.4. The van der Waals surface area contributed by atoms with Crippen LogP contribution in [0.5, 0.6) is 5.75 Å². The van der Waals surface area contributed by atoms with Crippen molar-refractivity contribution in [2.45, 2.75) is 32.1 Å². The molecule has 23 heavy (non-hydrogen) atoms. The maximum atomic E-state index is 11.3. The molecule has 4 nitrogen and oxygen atoms in total. The van der Waals surface area contributed by atoms with Gasteiger partial charge in [-0.1, -0.05) is 44.0 Å². The number of benzene rings is 2. The Bertz CT molecular complexity index is 868. The van der Waals surface area contributed by atoms with Crippen molar-refractivity contribution in [1.29, 1.82) is 0 Å². The van der Waals surface area contributed by atoms with Crippen molar-refractivity contribution < 1.29 is 24.6 Å². The number of carboxylic acid groups (broad SMARTS) is 1. The average molecular weight is 320 g/mol. The van der Waals surface area contributed by atoms with Crippen molar-refractivity contribution >= 4 is 5.97 Å². The van der Waals surface area contributed by atoms with Gasteiger partial charge in [-0.25, -0.2) is 4.79 Å². The number of carbonyl (C=O) groups is 1. The minimum Gasteiger partial charge on any atom is -0.508 e. The highest BCUT2D eigenvalue weighted by Crippen LogP contribution is 2.34. The van der Waals surface area contributed by atoms with E-state index in [0.29, 0.717) is 5.56 Å². The summed E-state index contributed by atoms with van der Waals surface area (Å²) in [7, 11) is 0. The molecule has 122 valence electrons. The molecule has 0 aliphatic heterocycles. The Morgan fingerprint density at radius 2 is 2.00 bits per heavy atom. The van der Waals surface area contributed by atoms with Gasteiger partial charge in [0.05, 0.1) is 5.56 Å². The fourth-order valence-electron chi connectivity index (χ4n) is 2.50. The monoisotopic (exact) mass is 320 g/mol. The van der Waals surface area contributed by atoms with Crippen LogP contribution in [0.15, 0.2) is 48.5 Å². The fraction of sp³-hybridized carbons (Fsp3) is 0.316. The number of hydrogen-bond acceptors (Lipinski definition) is 3. The molecule has 0 spiro atoms. The molecular weight excluding hydrogens is 290 g/mol. The molecule has 0 bridgehead atoms. The normalized spacial score (nSPS) is 18.3. The van der Waals surface area contributed by atoms with Crippen LogP contribution >= 0.6 is 0 Å². The van der Waals surface area contributed by atoms with Crippen molar-refractivity contribution in [3.05, 3.63) is 65.2 Å². The largest absolute Gasteiger partial charge is 0.508 e. The Hall–Kier alpha value is -2.33. The SMILES string of the molecule is [2H]C([2H])([2H])C([2H])(NCCC(c1ccccc1)c1cc(C(=O)O)ccc1O)C([2H])([2H])[2H]. The van der Waals surface area contributed by atoms with Crippen LogP contribution in [-0.4, -0.2) is 28.7 Å². The minimum atomic E-state index is -3.11. The molecule has 0 aromatic heterocycles. The number of phenols is 1. The first-order chi connectivity index (χ1) is 13.8. The molecule has 2 aromatic rings. The molecule has 0 amide bonds. The van der Waals surface area contributed by atoms with Crippen LogP contribution in [0.25, 0.3) is 0 Å². The van der Waals surface area contributed by atoms with E-state index in [1.165, 1.54) is 18.2 Å². The van der Waals surface area contributed by atoms with Gasteiger partial charge in [-0.2, -0.15) is 0 Å². The maximum Gasteiger partial charge on any atom is 0.335 e. The molecule has 3 N–H and O–H groups in total. The number of nitrogens with one attached hydrogen (secondary N) is 1. The van der Waals surface area contributed by atoms with Gasteiger partial charge in [-0.15, -0.1) is 0 Å². The smallest absolute Gasteiger partial charge is 0.335 e. The lowest BCUT2D eigenvalue weighted by Crippen LogP contribution is -2.25. The Kier molecular flexibility index (Phi) is 3.29. The maximum absolute atomic E-state index is 11.3. The van der Waals surface area contributed by atoms with Crippen LogP contribution < -0.4 is 5.32 Å². The summed E-state index contributed by atoms with van der Waals surface area (Å²) >= 11 is 0. The third-order valence-corrected chi connectivity index (χ3v) is 3.59. The number of rotatable bonds is 7. The molecular formula is C19H23NO3. The Labute approximate surface area is 146 Å². The number of carboxylic acids is 1. The van der Waals surface area contributed by atoms with Gasteiger partial charge in [0.2, 0.25) is 0 Å². The van der Waals surface area contributed by atoms with Gasteiger partial charge in [-0.3, -0.25) is 0 Å². The second kappa shape index (κ2) is 7.79. The molecule has 0 heterocycles. The zero-order valence-electron chi connectivity index (χ0n) is 19.4. The highest BCUT2D eigenvalue weighted by molar-refractivity contribution is 5.88. The highest BCUT2D eigenvalue weighted by atomic mass is 16.4. The molecule has 0 aliphatic carbocycles. The van der Waals surface area contributed by atoms with Gasteiger partial charge in [0.1, 0.15) is 5.75 Å². The number of hydrogen-bond donors (Lipinski definition) is 3. The molecule has 0 aliphatic rings. The molecule has 0 saturated carbocycles. The van der Waals surface area contributed by atoms with Gasteiger partial charge in [0, 0.05) is 27.1 Å². The lowest BCUT2D eigenvalue weighted by molar-refractivity contribution is 0.0696. The minimum absolute atomic E-state index is 0.0310. The molecule has 2 aromatic carbocycles. The first kappa shape index (κ1) is 9.73. The number of aromatic carboxylic acids is 1. The van der Waals surface area contributed by atoms with E-state index in [0.717, 1.165) is 5.56 Å². The van der Waals surface area contributed by atoms with Gasteiger partial charge in [0.25, 0.3) is 0 Å². The Morgan fingerprint density at radius 1 is 1.26 bits per heavy atom. The molecule has 0 radical (unpaired) electrons. The first-order valence-corrected chi connectivity index (χ1v) is 7.14. The second-order valence-electron chi connectivity index (χ2n) is 5.13. The standard InChI is InChI=1S/C19H23NO3/c1-13(2)20-11-10-16(14-6-4-3-5-7-14)17-12-15(19(22)23)8-9-18(17)21/h3-9,12-13,16,20-21H,10-11H2,1-2H3,(H,22,23)/i1D3,2D3,13D. The summed E-state index contributed by atoms with van der Waals surface area (Å²) in [5.41, 5.74) is 0.994. The van der Waals surface area contributed by atoms with E-state index < -0.39 is 31.6 Å². The summed E-state index contributed by atoms with van der Waals surface area (Å²) in [4.78, 5) is 11.3. The first-order valence-electron chi connectivity index (χ1n) is 10.6. The van der Waals surface area contributed by atoms with Crippen LogP contribution in [0.3, 0.4) is 0 Å². The molecule has 0 fully saturated rings. The Morgan fingerprint density at radius 3 is 2.65 bits per heavy atom. The van der Waals surface area contributed by atoms with Crippen LogP contribution in [0.1, 0.15) is 57.1 Å². The van der Waals surface area contributed by atoms with Crippen LogP contribution in [0.4, 0.5) is 0 Å². The predicted molar refractivity (Wildman–Crippen MR) is 91.1 cm³/mol. The predicted octanol–water partition coefficient (Wildman–Crippen LogP) is 3.61. The van der Waals surface area contributed by atoms with E-state index in [2.05, 4.69) is 5.32 Å². The van der Waals surface area contributed by atoms with E-state index in [1.54, 1.807) is 30.3 Å². The van der Waals surface area contributed by atoms with Crippen molar-refractivity contribution in [2.24, 2.45) is 0 Å². The zero-order chi connectivity index (χ0) is 22.7. The highest BCUT2D eigenvalue weighted by Gasteiger charge is 2.19. The summed E-state index contributed by atoms with van der Waals surface area (Å²) in [6.07, 6.45) is 0.118. The topological polar surface area (TPSA) is 69.6 Å². The summed E-state index contributed by atoms with van der Waals surface area (Å²) in [5.74, 6) is -1.87. The lowest BCUT2D eigenvalue weighted by Gasteiger charge is -2.20. The third kappa shape index (κ3) is 4.57. The van der Waals surface area contributed by atoms with E-state index >= 15 is 0 Å². The van der Waals surface area contributed by atoms with Crippen molar-refractivity contribution in [3.8, 4) is 5.75 Å². The summed E-state index contributed by atoms with van der Waals surface area (Å²) < 4.78 is 52.9. The summed E-state index contributed by atoms with van der Waals surface area (Å²) in [6.45, 7) is -6.38. The molecule has 2 rings (SSSR count). The fourth-order valence-corrected chi connectivity index (χ4v) is 2.50. The van der Waals surface area contributed by atoms with E-state index in [9.17, 15) is 15.0 Å². The van der Waals surface area contributed by atoms with Gasteiger partial charge >= 0.3 is 5.97 Å². The van der Waals surface area contributed by atoms with Gasteiger partial charge in [0.15, 0.2) is 0 Å². The van der Waals surface area contributed by atoms with E-state index in [-0.39, 0.29) is 24.3 Å². The molecule has 0 saturated heterocycles. The number of phenolic OH excluding ortho intramolecular Hbond substituents is 1. The van der Waals surface area contributed by atoms with Crippen LogP contribution in [-0.2, 0) is 0 Å². The summed E-state index contributed by atoms with van der Waals surface area (Å²) in [5, 5.41) is 22.0. The van der Waals surface area contributed by atoms with E-state index in [1.807, 2.05) is 0 Å². The van der Waals surface area contributed by atoms with Crippen molar-refractivity contribution in [1.82, 2.24) is 5.32 Å². The molecule has 1 atom stereocenters. The molecule has 4 heteroatoms. The Balaban J connectivity index is 2.38. The number of aromatic hydroxyl groups is 1. The summed E-state index contributed by atoms with van der Waals surface area (Å²) in [6, 6.07) is 9.81. The van der Waals surface area contributed by atoms with Crippen LogP contribution in [0.2, 0.25) is 0 Å². The third-order valence-electron chi connectivity index (χ3n) is 3.59. The van der Waals surface area contributed by atoms with Gasteiger partial charge < -0.3 is 15.5 Å². The van der Waals surface area contributed by atoms with Crippen molar-refractivity contribution in [2.75, 3.05) is 6.54 Å². The van der Waals surface area contributed by atoms with Crippen molar-refractivity contribution in [3.63, 3.8) is 0 Å². The van der Waals surface area contributed by atoms with Crippen LogP contribution in [0, 0.1) is 0 Å². The second-order valence-corrected chi connectivity index (χ2v) is 5.13.